The largest absolute Gasteiger partial charge is 0.480 e. The number of nitrogens with zero attached hydrogens (tertiary/aromatic N) is 2. The second-order valence-corrected chi connectivity index (χ2v) is 3.87. The molecule has 0 amide bonds. The fourth-order valence-corrected chi connectivity index (χ4v) is 1.41. The first kappa shape index (κ1) is 11.7. The summed E-state index contributed by atoms with van der Waals surface area (Å²) >= 11 is 0. The molecule has 1 aromatic heterocycles. The maximum absolute atomic E-state index is 10.5. The zero-order chi connectivity index (χ0) is 11.4. The normalized spacial score (nSPS) is 13.1. The summed E-state index contributed by atoms with van der Waals surface area (Å²) in [6.07, 6.45) is 4.00. The van der Waals surface area contributed by atoms with Gasteiger partial charge >= 0.3 is 5.97 Å². The number of carboxylic acids is 1. The third-order valence-corrected chi connectivity index (χ3v) is 2.26. The van der Waals surface area contributed by atoms with Crippen LogP contribution in [0.2, 0.25) is 0 Å². The van der Waals surface area contributed by atoms with E-state index in [0.29, 0.717) is 18.9 Å². The molecule has 5 heteroatoms. The van der Waals surface area contributed by atoms with Gasteiger partial charge in [0.2, 0.25) is 0 Å². The molecule has 0 aliphatic heterocycles. The molecule has 0 saturated heterocycles. The molecule has 1 atom stereocenters. The van der Waals surface area contributed by atoms with Gasteiger partial charge in [-0.15, -0.1) is 0 Å². The summed E-state index contributed by atoms with van der Waals surface area (Å²) in [4.78, 5) is 14.7. The Kier molecular flexibility index (Phi) is 3.85. The van der Waals surface area contributed by atoms with E-state index in [1.54, 1.807) is 6.20 Å². The third-order valence-electron chi connectivity index (χ3n) is 2.26. The molecule has 1 aromatic rings. The molecule has 1 heterocycles. The van der Waals surface area contributed by atoms with Gasteiger partial charge in [-0.3, -0.25) is 4.79 Å². The van der Waals surface area contributed by atoms with Crippen molar-refractivity contribution in [2.45, 2.75) is 38.8 Å². The van der Waals surface area contributed by atoms with Crippen LogP contribution < -0.4 is 5.73 Å². The highest BCUT2D eigenvalue weighted by Crippen LogP contribution is 2.12. The van der Waals surface area contributed by atoms with E-state index >= 15 is 0 Å². The Morgan fingerprint density at radius 2 is 2.33 bits per heavy atom. The van der Waals surface area contributed by atoms with E-state index in [4.69, 9.17) is 10.8 Å². The predicted molar refractivity (Wildman–Crippen MR) is 56.5 cm³/mol. The Balaban J connectivity index is 2.57. The number of carboxylic acid groups (broad SMARTS) is 1. The zero-order valence-electron chi connectivity index (χ0n) is 9.05. The second-order valence-electron chi connectivity index (χ2n) is 3.87. The van der Waals surface area contributed by atoms with Crippen LogP contribution in [0.5, 0.6) is 0 Å². The minimum Gasteiger partial charge on any atom is -0.480 e. The van der Waals surface area contributed by atoms with Crippen LogP contribution in [0.3, 0.4) is 0 Å². The zero-order valence-corrected chi connectivity index (χ0v) is 9.05. The van der Waals surface area contributed by atoms with Crippen molar-refractivity contribution in [3.05, 3.63) is 18.2 Å². The highest BCUT2D eigenvalue weighted by molar-refractivity contribution is 5.72. The van der Waals surface area contributed by atoms with E-state index in [0.717, 1.165) is 5.82 Å². The third kappa shape index (κ3) is 3.06. The molecule has 5 nitrogen and oxygen atoms in total. The Labute approximate surface area is 88.9 Å². The van der Waals surface area contributed by atoms with Gasteiger partial charge in [-0.05, 0) is 6.42 Å². The molecular formula is C10H17N3O2. The van der Waals surface area contributed by atoms with Crippen LogP contribution in [-0.4, -0.2) is 26.7 Å². The number of aliphatic carboxylic acids is 1. The monoisotopic (exact) mass is 211 g/mol. The molecule has 0 aliphatic rings. The lowest BCUT2D eigenvalue weighted by molar-refractivity contribution is -0.138. The van der Waals surface area contributed by atoms with Crippen molar-refractivity contribution in [1.82, 2.24) is 9.55 Å². The smallest absolute Gasteiger partial charge is 0.320 e. The molecule has 3 N–H and O–H groups in total. The van der Waals surface area contributed by atoms with Gasteiger partial charge in [-0.25, -0.2) is 4.98 Å². The molecule has 84 valence electrons. The number of carbonyl (C=O) groups is 1. The van der Waals surface area contributed by atoms with Crippen molar-refractivity contribution < 1.29 is 9.90 Å². The number of nitrogens with two attached hydrogens (primary N) is 1. The molecule has 0 aromatic carbocycles. The Morgan fingerprint density at radius 1 is 1.67 bits per heavy atom. The summed E-state index contributed by atoms with van der Waals surface area (Å²) in [5.41, 5.74) is 5.43. The van der Waals surface area contributed by atoms with Gasteiger partial charge in [0.1, 0.15) is 11.9 Å². The first-order valence-corrected chi connectivity index (χ1v) is 5.01. The average Bonchev–Trinajstić information content (AvgIpc) is 2.61. The van der Waals surface area contributed by atoms with Crippen LogP contribution in [0.4, 0.5) is 0 Å². The topological polar surface area (TPSA) is 81.1 Å². The summed E-state index contributed by atoms with van der Waals surface area (Å²) in [6, 6.07) is -0.799. The fourth-order valence-electron chi connectivity index (χ4n) is 1.41. The van der Waals surface area contributed by atoms with Crippen molar-refractivity contribution >= 4 is 5.97 Å². The predicted octanol–water partition coefficient (Wildman–Crippen LogP) is 0.808. The number of imidazole rings is 1. The quantitative estimate of drug-likeness (QED) is 0.755. The SMILES string of the molecule is CC(C)c1nccn1CCC(N)C(=O)O. The number of hydrogen-bond donors (Lipinski definition) is 2. The molecule has 0 radical (unpaired) electrons. The summed E-state index contributed by atoms with van der Waals surface area (Å²) < 4.78 is 1.95. The molecule has 0 bridgehead atoms. The van der Waals surface area contributed by atoms with E-state index in [-0.39, 0.29) is 0 Å². The number of hydrogen-bond acceptors (Lipinski definition) is 3. The average molecular weight is 211 g/mol. The summed E-state index contributed by atoms with van der Waals surface area (Å²) in [6.45, 7) is 4.70. The van der Waals surface area contributed by atoms with Gasteiger partial charge in [0.15, 0.2) is 0 Å². The van der Waals surface area contributed by atoms with Gasteiger partial charge in [0.25, 0.3) is 0 Å². The number of aromatic nitrogens is 2. The molecule has 15 heavy (non-hydrogen) atoms. The van der Waals surface area contributed by atoms with Crippen LogP contribution in [0.15, 0.2) is 12.4 Å². The van der Waals surface area contributed by atoms with Crippen molar-refractivity contribution in [1.29, 1.82) is 0 Å². The molecule has 0 spiro atoms. The molecule has 0 saturated carbocycles. The van der Waals surface area contributed by atoms with Crippen LogP contribution in [0.1, 0.15) is 32.0 Å². The van der Waals surface area contributed by atoms with E-state index in [9.17, 15) is 4.79 Å². The lowest BCUT2D eigenvalue weighted by Gasteiger charge is -2.11. The summed E-state index contributed by atoms with van der Waals surface area (Å²) in [7, 11) is 0. The van der Waals surface area contributed by atoms with Crippen LogP contribution in [0, 0.1) is 0 Å². The molecule has 0 aliphatic carbocycles. The fraction of sp³-hybridized carbons (Fsp3) is 0.600. The summed E-state index contributed by atoms with van der Waals surface area (Å²) in [5.74, 6) is 0.342. The van der Waals surface area contributed by atoms with Crippen molar-refractivity contribution in [2.24, 2.45) is 5.73 Å². The Hall–Kier alpha value is -1.36. The van der Waals surface area contributed by atoms with Crippen LogP contribution in [0.25, 0.3) is 0 Å². The Morgan fingerprint density at radius 3 is 2.87 bits per heavy atom. The van der Waals surface area contributed by atoms with Gasteiger partial charge < -0.3 is 15.4 Å². The van der Waals surface area contributed by atoms with Crippen molar-refractivity contribution in [3.8, 4) is 0 Å². The van der Waals surface area contributed by atoms with Crippen molar-refractivity contribution in [2.75, 3.05) is 0 Å². The second kappa shape index (κ2) is 4.93. The first-order valence-electron chi connectivity index (χ1n) is 5.01. The number of rotatable bonds is 5. The minimum absolute atomic E-state index is 0.334. The van der Waals surface area contributed by atoms with E-state index in [2.05, 4.69) is 18.8 Å². The maximum atomic E-state index is 10.5. The standard InChI is InChI=1S/C10H17N3O2/c1-7(2)9-12-4-6-13(9)5-3-8(11)10(14)15/h4,6-8H,3,5,11H2,1-2H3,(H,14,15). The van der Waals surface area contributed by atoms with Gasteiger partial charge in [-0.2, -0.15) is 0 Å². The minimum atomic E-state index is -0.957. The lowest BCUT2D eigenvalue weighted by atomic mass is 10.2. The van der Waals surface area contributed by atoms with Gasteiger partial charge in [-0.1, -0.05) is 13.8 Å². The Bertz CT molecular complexity index is 333. The highest BCUT2D eigenvalue weighted by atomic mass is 16.4. The van der Waals surface area contributed by atoms with Crippen LogP contribution >= 0.6 is 0 Å². The summed E-state index contributed by atoms with van der Waals surface area (Å²) in [5, 5.41) is 8.64. The van der Waals surface area contributed by atoms with Crippen LogP contribution in [-0.2, 0) is 11.3 Å². The lowest BCUT2D eigenvalue weighted by Crippen LogP contribution is -2.31. The van der Waals surface area contributed by atoms with E-state index in [1.807, 2.05) is 10.8 Å². The van der Waals surface area contributed by atoms with Crippen molar-refractivity contribution in [3.63, 3.8) is 0 Å². The molecule has 1 unspecified atom stereocenters. The highest BCUT2D eigenvalue weighted by Gasteiger charge is 2.13. The molecule has 1 rings (SSSR count). The molecule has 0 fully saturated rings. The maximum Gasteiger partial charge on any atom is 0.320 e. The van der Waals surface area contributed by atoms with E-state index in [1.165, 1.54) is 0 Å². The van der Waals surface area contributed by atoms with Gasteiger partial charge in [0.05, 0.1) is 0 Å². The number of aryl methyl sites for hydroxylation is 1. The van der Waals surface area contributed by atoms with E-state index < -0.39 is 12.0 Å². The molecular weight excluding hydrogens is 194 g/mol. The first-order chi connectivity index (χ1) is 7.02. The van der Waals surface area contributed by atoms with Gasteiger partial charge in [0, 0.05) is 24.9 Å².